The predicted octanol–water partition coefficient (Wildman–Crippen LogP) is 3.03. The molecule has 0 aromatic carbocycles. The molecule has 0 amide bonds. The molecule has 0 bridgehead atoms. The van der Waals surface area contributed by atoms with Gasteiger partial charge in [0.05, 0.1) is 0 Å². The van der Waals surface area contributed by atoms with Crippen molar-refractivity contribution in [1.82, 2.24) is 10.2 Å². The van der Waals surface area contributed by atoms with Crippen molar-refractivity contribution in [1.29, 1.82) is 0 Å². The van der Waals surface area contributed by atoms with Crippen LogP contribution in [0.1, 0.15) is 60.8 Å². The minimum absolute atomic E-state index is 0.304. The second-order valence-corrected chi connectivity index (χ2v) is 5.92. The summed E-state index contributed by atoms with van der Waals surface area (Å²) < 4.78 is 0. The number of nitrogens with one attached hydrogen (secondary N) is 1. The van der Waals surface area contributed by atoms with Crippen LogP contribution < -0.4 is 5.32 Å². The van der Waals surface area contributed by atoms with Crippen LogP contribution in [0.3, 0.4) is 0 Å². The summed E-state index contributed by atoms with van der Waals surface area (Å²) >= 11 is 0. The van der Waals surface area contributed by atoms with E-state index in [1.54, 1.807) is 0 Å². The van der Waals surface area contributed by atoms with Crippen LogP contribution in [0.15, 0.2) is 0 Å². The summed E-state index contributed by atoms with van der Waals surface area (Å²) in [6.07, 6.45) is 3.70. The second kappa shape index (κ2) is 5.05. The Bertz CT molecular complexity index is 221. The molecule has 1 saturated heterocycles. The Hall–Kier alpha value is -0.0800. The van der Waals surface area contributed by atoms with E-state index in [1.165, 1.54) is 25.8 Å². The van der Waals surface area contributed by atoms with E-state index in [-0.39, 0.29) is 0 Å². The first-order valence-corrected chi connectivity index (χ1v) is 6.95. The highest BCUT2D eigenvalue weighted by molar-refractivity contribution is 5.03. The molecule has 2 nitrogen and oxygen atoms in total. The molecule has 96 valence electrons. The zero-order chi connectivity index (χ0) is 12.4. The monoisotopic (exact) mass is 226 g/mol. The van der Waals surface area contributed by atoms with Crippen molar-refractivity contribution in [2.24, 2.45) is 0 Å². The Morgan fingerprint density at radius 2 is 1.69 bits per heavy atom. The van der Waals surface area contributed by atoms with Crippen molar-refractivity contribution in [3.8, 4) is 0 Å². The van der Waals surface area contributed by atoms with Crippen molar-refractivity contribution in [2.75, 3.05) is 13.1 Å². The predicted molar refractivity (Wildman–Crippen MR) is 71.9 cm³/mol. The Balaban J connectivity index is 2.91. The second-order valence-electron chi connectivity index (χ2n) is 5.92. The third kappa shape index (κ3) is 2.43. The number of hydrogen-bond acceptors (Lipinski definition) is 2. The first-order chi connectivity index (χ1) is 7.43. The lowest BCUT2D eigenvalue weighted by molar-refractivity contribution is -0.0198. The molecule has 0 saturated carbocycles. The van der Waals surface area contributed by atoms with E-state index in [9.17, 15) is 0 Å². The first-order valence-electron chi connectivity index (χ1n) is 6.95. The largest absolute Gasteiger partial charge is 0.308 e. The molecule has 1 fully saturated rings. The van der Waals surface area contributed by atoms with Crippen molar-refractivity contribution in [2.45, 2.75) is 77.9 Å². The van der Waals surface area contributed by atoms with E-state index < -0.39 is 0 Å². The van der Waals surface area contributed by atoms with Crippen molar-refractivity contribution < 1.29 is 0 Å². The molecule has 1 atom stereocenters. The molecule has 1 unspecified atom stereocenters. The maximum atomic E-state index is 3.78. The van der Waals surface area contributed by atoms with Crippen LogP contribution in [0, 0.1) is 0 Å². The van der Waals surface area contributed by atoms with E-state index in [2.05, 4.69) is 51.8 Å². The minimum atomic E-state index is 0.304. The lowest BCUT2D eigenvalue weighted by Gasteiger charge is -2.55. The molecule has 2 heteroatoms. The maximum absolute atomic E-state index is 3.78. The third-order valence-electron chi connectivity index (χ3n) is 4.69. The highest BCUT2D eigenvalue weighted by atomic mass is 15.3. The van der Waals surface area contributed by atoms with Crippen LogP contribution in [0.5, 0.6) is 0 Å². The molecule has 1 rings (SSSR count). The summed E-state index contributed by atoms with van der Waals surface area (Å²) in [5.41, 5.74) is 0.682. The summed E-state index contributed by atoms with van der Waals surface area (Å²) in [5, 5.41) is 3.78. The molecular weight excluding hydrogens is 196 g/mol. The van der Waals surface area contributed by atoms with Gasteiger partial charge < -0.3 is 5.32 Å². The van der Waals surface area contributed by atoms with E-state index in [0.29, 0.717) is 17.1 Å². The molecule has 0 radical (unpaired) electrons. The zero-order valence-electron chi connectivity index (χ0n) is 12.1. The Kier molecular flexibility index (Phi) is 4.42. The number of hydrogen-bond donors (Lipinski definition) is 1. The summed E-state index contributed by atoms with van der Waals surface area (Å²) in [5.74, 6) is 0. The van der Waals surface area contributed by atoms with Gasteiger partial charge in [-0.25, -0.2) is 0 Å². The number of rotatable bonds is 4. The highest BCUT2D eigenvalue weighted by Crippen LogP contribution is 2.32. The molecule has 1 aliphatic heterocycles. The quantitative estimate of drug-likeness (QED) is 0.792. The van der Waals surface area contributed by atoms with Crippen LogP contribution >= 0.6 is 0 Å². The Morgan fingerprint density at radius 3 is 2.06 bits per heavy atom. The van der Waals surface area contributed by atoms with Crippen molar-refractivity contribution in [3.63, 3.8) is 0 Å². The molecule has 0 aliphatic carbocycles. The summed E-state index contributed by atoms with van der Waals surface area (Å²) in [4.78, 5) is 2.73. The average molecular weight is 226 g/mol. The van der Waals surface area contributed by atoms with E-state index >= 15 is 0 Å². The summed E-state index contributed by atoms with van der Waals surface area (Å²) in [6.45, 7) is 16.3. The molecular formula is C14H30N2. The van der Waals surface area contributed by atoms with E-state index in [1.807, 2.05) is 0 Å². The highest BCUT2D eigenvalue weighted by Gasteiger charge is 2.43. The van der Waals surface area contributed by atoms with Crippen LogP contribution in [-0.4, -0.2) is 35.1 Å². The normalized spacial score (nSPS) is 30.9. The Labute approximate surface area is 102 Å². The van der Waals surface area contributed by atoms with Gasteiger partial charge in [0.2, 0.25) is 0 Å². The standard InChI is InChI=1S/C14H30N2/c1-7-13(6)11-16(12(4)5)14(8-2,9-3)10-15-13/h12,15H,7-11H2,1-6H3. The van der Waals surface area contributed by atoms with Gasteiger partial charge in [-0.15, -0.1) is 0 Å². The fourth-order valence-corrected chi connectivity index (χ4v) is 2.95. The minimum Gasteiger partial charge on any atom is -0.308 e. The van der Waals surface area contributed by atoms with Crippen LogP contribution in [0.2, 0.25) is 0 Å². The van der Waals surface area contributed by atoms with Gasteiger partial charge in [-0.1, -0.05) is 20.8 Å². The fourth-order valence-electron chi connectivity index (χ4n) is 2.95. The fraction of sp³-hybridized carbons (Fsp3) is 1.00. The van der Waals surface area contributed by atoms with Gasteiger partial charge >= 0.3 is 0 Å². The van der Waals surface area contributed by atoms with E-state index in [4.69, 9.17) is 0 Å². The van der Waals surface area contributed by atoms with Gasteiger partial charge in [0, 0.05) is 30.2 Å². The topological polar surface area (TPSA) is 15.3 Å². The zero-order valence-corrected chi connectivity index (χ0v) is 12.1. The third-order valence-corrected chi connectivity index (χ3v) is 4.69. The number of nitrogens with zero attached hydrogens (tertiary/aromatic N) is 1. The van der Waals surface area contributed by atoms with E-state index in [0.717, 1.165) is 6.54 Å². The molecule has 1 N–H and O–H groups in total. The maximum Gasteiger partial charge on any atom is 0.0332 e. The van der Waals surface area contributed by atoms with Gasteiger partial charge in [-0.2, -0.15) is 0 Å². The molecule has 1 heterocycles. The van der Waals surface area contributed by atoms with Gasteiger partial charge in [0.1, 0.15) is 0 Å². The molecule has 0 spiro atoms. The van der Waals surface area contributed by atoms with Crippen LogP contribution in [0.25, 0.3) is 0 Å². The van der Waals surface area contributed by atoms with Crippen molar-refractivity contribution in [3.05, 3.63) is 0 Å². The van der Waals surface area contributed by atoms with Gasteiger partial charge in [0.25, 0.3) is 0 Å². The average Bonchev–Trinajstić information content (AvgIpc) is 2.29. The molecule has 0 aromatic rings. The van der Waals surface area contributed by atoms with Crippen molar-refractivity contribution >= 4 is 0 Å². The Morgan fingerprint density at radius 1 is 1.12 bits per heavy atom. The SMILES string of the molecule is CCC1(C)CN(C(C)C)C(CC)(CC)CN1. The van der Waals surface area contributed by atoms with Gasteiger partial charge in [-0.3, -0.25) is 4.90 Å². The van der Waals surface area contributed by atoms with Gasteiger partial charge in [-0.05, 0) is 40.0 Å². The first kappa shape index (κ1) is 14.0. The van der Waals surface area contributed by atoms with Crippen LogP contribution in [0.4, 0.5) is 0 Å². The summed E-state index contributed by atoms with van der Waals surface area (Å²) in [6, 6.07) is 0.646. The summed E-state index contributed by atoms with van der Waals surface area (Å²) in [7, 11) is 0. The lowest BCUT2D eigenvalue weighted by Crippen LogP contribution is -2.70. The van der Waals surface area contributed by atoms with Crippen LogP contribution in [-0.2, 0) is 0 Å². The number of piperazine rings is 1. The molecule has 16 heavy (non-hydrogen) atoms. The molecule has 1 aliphatic rings. The van der Waals surface area contributed by atoms with Gasteiger partial charge in [0.15, 0.2) is 0 Å². The molecule has 0 aromatic heterocycles. The lowest BCUT2D eigenvalue weighted by atomic mass is 9.81. The smallest absolute Gasteiger partial charge is 0.0332 e.